The summed E-state index contributed by atoms with van der Waals surface area (Å²) in [5, 5.41) is 1.15. The van der Waals surface area contributed by atoms with Gasteiger partial charge in [0.1, 0.15) is 16.4 Å². The predicted molar refractivity (Wildman–Crippen MR) is 109 cm³/mol. The summed E-state index contributed by atoms with van der Waals surface area (Å²) in [6.45, 7) is 0.728. The number of benzene rings is 2. The highest BCUT2D eigenvalue weighted by Crippen LogP contribution is 2.34. The Bertz CT molecular complexity index is 1150. The van der Waals surface area contributed by atoms with Gasteiger partial charge in [-0.2, -0.15) is 4.31 Å². The molecule has 2 aromatic carbocycles. The highest BCUT2D eigenvalue weighted by Gasteiger charge is 2.30. The monoisotopic (exact) mass is 398 g/mol. The molecule has 0 bridgehead atoms. The van der Waals surface area contributed by atoms with Crippen molar-refractivity contribution >= 4 is 26.5 Å². The van der Waals surface area contributed by atoms with Crippen molar-refractivity contribution in [2.75, 3.05) is 27.3 Å². The van der Waals surface area contributed by atoms with Crippen LogP contribution in [0.15, 0.2) is 59.6 Å². The van der Waals surface area contributed by atoms with Gasteiger partial charge in [-0.05, 0) is 30.2 Å². The number of methoxy groups -OCH3 is 2. The first-order chi connectivity index (χ1) is 13.5. The van der Waals surface area contributed by atoms with Crippen LogP contribution >= 0.6 is 0 Å². The van der Waals surface area contributed by atoms with Crippen LogP contribution in [0.4, 0.5) is 0 Å². The van der Waals surface area contributed by atoms with Crippen LogP contribution in [0.3, 0.4) is 0 Å². The summed E-state index contributed by atoms with van der Waals surface area (Å²) in [7, 11) is -0.723. The van der Waals surface area contributed by atoms with Crippen LogP contribution in [0, 0.1) is 0 Å². The van der Waals surface area contributed by atoms with Crippen molar-refractivity contribution in [3.8, 4) is 11.5 Å². The van der Waals surface area contributed by atoms with Crippen molar-refractivity contribution in [2.45, 2.75) is 11.3 Å². The van der Waals surface area contributed by atoms with Gasteiger partial charge in [-0.3, -0.25) is 0 Å². The van der Waals surface area contributed by atoms with Gasteiger partial charge in [0, 0.05) is 41.8 Å². The average Bonchev–Trinajstić information content (AvgIpc) is 3.17. The molecular formula is C21H22N2O4S. The molecule has 1 N–H and O–H groups in total. The summed E-state index contributed by atoms with van der Waals surface area (Å²) >= 11 is 0. The van der Waals surface area contributed by atoms with E-state index in [-0.39, 0.29) is 4.90 Å². The van der Waals surface area contributed by atoms with Gasteiger partial charge < -0.3 is 14.5 Å². The first-order valence-electron chi connectivity index (χ1n) is 9.02. The smallest absolute Gasteiger partial charge is 0.247 e. The molecule has 1 aliphatic rings. The van der Waals surface area contributed by atoms with Gasteiger partial charge in [0.25, 0.3) is 0 Å². The van der Waals surface area contributed by atoms with Crippen molar-refractivity contribution in [3.05, 3.63) is 60.3 Å². The van der Waals surface area contributed by atoms with Crippen molar-refractivity contribution in [1.82, 2.24) is 9.29 Å². The molecule has 4 rings (SSSR count). The average molecular weight is 398 g/mol. The summed E-state index contributed by atoms with van der Waals surface area (Å²) in [6, 6.07) is 12.9. The predicted octanol–water partition coefficient (Wildman–Crippen LogP) is 3.66. The lowest BCUT2D eigenvalue weighted by molar-refractivity contribution is 0.386. The molecule has 1 aliphatic heterocycles. The lowest BCUT2D eigenvalue weighted by atomic mass is 10.00. The van der Waals surface area contributed by atoms with Crippen molar-refractivity contribution in [2.24, 2.45) is 0 Å². The summed E-state index contributed by atoms with van der Waals surface area (Å²) in [4.78, 5) is 3.40. The Morgan fingerprint density at radius 1 is 1.07 bits per heavy atom. The maximum Gasteiger partial charge on any atom is 0.247 e. The number of para-hydroxylation sites is 1. The second kappa shape index (κ2) is 7.33. The van der Waals surface area contributed by atoms with Crippen LogP contribution in [0.1, 0.15) is 12.0 Å². The van der Waals surface area contributed by atoms with Gasteiger partial charge in [0.15, 0.2) is 0 Å². The fourth-order valence-corrected chi connectivity index (χ4v) is 5.13. The van der Waals surface area contributed by atoms with E-state index in [1.165, 1.54) is 24.6 Å². The minimum Gasteiger partial charge on any atom is -0.497 e. The Labute approximate surface area is 164 Å². The lowest BCUT2D eigenvalue weighted by Crippen LogP contribution is -2.34. The standard InChI is InChI=1S/C21H22N2O4S/c1-26-16-7-8-20(27-2)21(13-16)28(24,25)23-11-9-15(10-12-23)18-14-22-19-6-4-3-5-17(18)19/h3-9,13-14,22H,10-12H2,1-2H3. The van der Waals surface area contributed by atoms with Crippen LogP contribution in [0.5, 0.6) is 11.5 Å². The molecule has 0 spiro atoms. The number of sulfonamides is 1. The normalized spacial score (nSPS) is 15.4. The third-order valence-electron chi connectivity index (χ3n) is 5.10. The molecule has 0 unspecified atom stereocenters. The Balaban J connectivity index is 1.64. The number of H-pyrrole nitrogens is 1. The van der Waals surface area contributed by atoms with E-state index in [9.17, 15) is 8.42 Å². The molecule has 0 amide bonds. The molecule has 28 heavy (non-hydrogen) atoms. The van der Waals surface area contributed by atoms with E-state index in [4.69, 9.17) is 9.47 Å². The van der Waals surface area contributed by atoms with Crippen LogP contribution in [0.2, 0.25) is 0 Å². The van der Waals surface area contributed by atoms with Crippen LogP contribution in [-0.4, -0.2) is 45.0 Å². The number of fused-ring (bicyclic) bond motifs is 1. The largest absolute Gasteiger partial charge is 0.497 e. The van der Waals surface area contributed by atoms with E-state index in [0.717, 1.165) is 22.0 Å². The van der Waals surface area contributed by atoms with Crippen LogP contribution in [-0.2, 0) is 10.0 Å². The van der Waals surface area contributed by atoms with Crippen molar-refractivity contribution < 1.29 is 17.9 Å². The Morgan fingerprint density at radius 3 is 2.61 bits per heavy atom. The molecule has 0 saturated heterocycles. The Hall–Kier alpha value is -2.77. The van der Waals surface area contributed by atoms with Gasteiger partial charge in [-0.25, -0.2) is 8.42 Å². The SMILES string of the molecule is COc1ccc(OC)c(S(=O)(=O)N2CC=C(c3c[nH]c4ccccc34)CC2)c1. The number of nitrogens with one attached hydrogen (secondary N) is 1. The van der Waals surface area contributed by atoms with Crippen molar-refractivity contribution in [1.29, 1.82) is 0 Å². The zero-order valence-corrected chi connectivity index (χ0v) is 16.6. The number of aromatic amines is 1. The molecule has 146 valence electrons. The van der Waals surface area contributed by atoms with Gasteiger partial charge in [-0.1, -0.05) is 24.3 Å². The molecule has 1 aromatic heterocycles. The third kappa shape index (κ3) is 3.16. The summed E-state index contributed by atoms with van der Waals surface area (Å²) in [5.74, 6) is 0.790. The summed E-state index contributed by atoms with van der Waals surface area (Å²) < 4.78 is 38.3. The Kier molecular flexibility index (Phi) is 4.87. The number of nitrogens with zero attached hydrogens (tertiary/aromatic N) is 1. The van der Waals surface area contributed by atoms with E-state index in [0.29, 0.717) is 31.0 Å². The van der Waals surface area contributed by atoms with E-state index in [1.54, 1.807) is 12.1 Å². The van der Waals surface area contributed by atoms with Gasteiger partial charge >= 0.3 is 0 Å². The zero-order chi connectivity index (χ0) is 19.7. The van der Waals surface area contributed by atoms with E-state index >= 15 is 0 Å². The molecular weight excluding hydrogens is 376 g/mol. The van der Waals surface area contributed by atoms with E-state index in [1.807, 2.05) is 30.5 Å². The minimum absolute atomic E-state index is 0.123. The molecule has 2 heterocycles. The Morgan fingerprint density at radius 2 is 1.89 bits per heavy atom. The minimum atomic E-state index is -3.70. The quantitative estimate of drug-likeness (QED) is 0.712. The maximum absolute atomic E-state index is 13.2. The highest BCUT2D eigenvalue weighted by atomic mass is 32.2. The number of hydrogen-bond acceptors (Lipinski definition) is 4. The summed E-state index contributed by atoms with van der Waals surface area (Å²) in [5.41, 5.74) is 3.36. The van der Waals surface area contributed by atoms with E-state index < -0.39 is 10.0 Å². The number of ether oxygens (including phenoxy) is 2. The molecule has 0 fully saturated rings. The van der Waals surface area contributed by atoms with Crippen LogP contribution in [0.25, 0.3) is 16.5 Å². The maximum atomic E-state index is 13.2. The number of rotatable bonds is 5. The zero-order valence-electron chi connectivity index (χ0n) is 15.8. The molecule has 0 aliphatic carbocycles. The molecule has 3 aromatic rings. The highest BCUT2D eigenvalue weighted by molar-refractivity contribution is 7.89. The lowest BCUT2D eigenvalue weighted by Gasteiger charge is -2.26. The molecule has 0 radical (unpaired) electrons. The molecule has 0 saturated carbocycles. The fraction of sp³-hybridized carbons (Fsp3) is 0.238. The van der Waals surface area contributed by atoms with Gasteiger partial charge in [-0.15, -0.1) is 0 Å². The summed E-state index contributed by atoms with van der Waals surface area (Å²) in [6.07, 6.45) is 4.63. The van der Waals surface area contributed by atoms with Gasteiger partial charge in [0.05, 0.1) is 14.2 Å². The second-order valence-corrected chi connectivity index (χ2v) is 8.51. The second-order valence-electron chi connectivity index (χ2n) is 6.61. The van der Waals surface area contributed by atoms with Crippen molar-refractivity contribution in [3.63, 3.8) is 0 Å². The van der Waals surface area contributed by atoms with E-state index in [2.05, 4.69) is 11.1 Å². The first kappa shape index (κ1) is 18.6. The molecule has 6 nitrogen and oxygen atoms in total. The fourth-order valence-electron chi connectivity index (χ4n) is 3.58. The molecule has 0 atom stereocenters. The third-order valence-corrected chi connectivity index (χ3v) is 6.98. The van der Waals surface area contributed by atoms with Crippen LogP contribution < -0.4 is 9.47 Å². The number of hydrogen-bond donors (Lipinski definition) is 1. The topological polar surface area (TPSA) is 71.6 Å². The first-order valence-corrected chi connectivity index (χ1v) is 10.5. The van der Waals surface area contributed by atoms with Gasteiger partial charge in [0.2, 0.25) is 10.0 Å². The number of aromatic nitrogens is 1. The molecule has 7 heteroatoms.